The molecule has 0 aromatic carbocycles. The molecule has 15 heavy (non-hydrogen) atoms. The van der Waals surface area contributed by atoms with E-state index in [1.807, 2.05) is 0 Å². The highest BCUT2D eigenvalue weighted by Crippen LogP contribution is 2.29. The summed E-state index contributed by atoms with van der Waals surface area (Å²) in [6.07, 6.45) is 7.93. The van der Waals surface area contributed by atoms with Gasteiger partial charge < -0.3 is 4.48 Å². The van der Waals surface area contributed by atoms with Crippen molar-refractivity contribution in [1.29, 1.82) is 0 Å². The van der Waals surface area contributed by atoms with Crippen LogP contribution in [0.3, 0.4) is 0 Å². The molecule has 1 aliphatic rings. The fourth-order valence-corrected chi connectivity index (χ4v) is 2.04. The van der Waals surface area contributed by atoms with E-state index < -0.39 is 0 Å². The number of rotatable bonds is 2. The molecule has 84 valence electrons. The Morgan fingerprint density at radius 3 is 2.40 bits per heavy atom. The van der Waals surface area contributed by atoms with Gasteiger partial charge in [-0.3, -0.25) is 0 Å². The highest BCUT2D eigenvalue weighted by molar-refractivity contribution is 5.19. The first-order valence-corrected chi connectivity index (χ1v) is 5.67. The first kappa shape index (κ1) is 12.3. The van der Waals surface area contributed by atoms with Crippen molar-refractivity contribution in [2.45, 2.75) is 20.3 Å². The van der Waals surface area contributed by atoms with Gasteiger partial charge in [0, 0.05) is 12.3 Å². The van der Waals surface area contributed by atoms with E-state index in [1.54, 1.807) is 0 Å². The topological polar surface area (TPSA) is 0 Å². The van der Waals surface area contributed by atoms with Crippen LogP contribution in [0, 0.1) is 11.8 Å². The normalized spacial score (nSPS) is 27.8. The molecular formula is C14H24N+. The van der Waals surface area contributed by atoms with Crippen molar-refractivity contribution in [1.82, 2.24) is 0 Å². The molecule has 0 bridgehead atoms. The fourth-order valence-electron chi connectivity index (χ4n) is 2.04. The summed E-state index contributed by atoms with van der Waals surface area (Å²) in [6.45, 7) is 8.41. The first-order valence-electron chi connectivity index (χ1n) is 5.67. The molecule has 0 saturated heterocycles. The summed E-state index contributed by atoms with van der Waals surface area (Å²) in [5.41, 5.74) is 2.96. The van der Waals surface area contributed by atoms with E-state index in [4.69, 9.17) is 0 Å². The van der Waals surface area contributed by atoms with E-state index in [9.17, 15) is 0 Å². The smallest absolute Gasteiger partial charge is 0.108 e. The Morgan fingerprint density at radius 1 is 1.33 bits per heavy atom. The van der Waals surface area contributed by atoms with Crippen LogP contribution in [0.25, 0.3) is 0 Å². The lowest BCUT2D eigenvalue weighted by Gasteiger charge is -2.27. The van der Waals surface area contributed by atoms with E-state index in [-0.39, 0.29) is 0 Å². The van der Waals surface area contributed by atoms with Gasteiger partial charge in [0.05, 0.1) is 21.1 Å². The zero-order valence-corrected chi connectivity index (χ0v) is 10.7. The summed E-state index contributed by atoms with van der Waals surface area (Å²) in [7, 11) is 6.71. The summed E-state index contributed by atoms with van der Waals surface area (Å²) in [5.74, 6) is 1.06. The third kappa shape index (κ3) is 3.07. The van der Waals surface area contributed by atoms with Crippen molar-refractivity contribution < 1.29 is 4.48 Å². The molecule has 1 rings (SSSR count). The Balaban J connectivity index is 3.05. The Morgan fingerprint density at radius 2 is 1.93 bits per heavy atom. The van der Waals surface area contributed by atoms with Crippen LogP contribution < -0.4 is 0 Å². The summed E-state index contributed by atoms with van der Waals surface area (Å²) in [4.78, 5) is 0. The lowest BCUT2D eigenvalue weighted by molar-refractivity contribution is -0.832. The lowest BCUT2D eigenvalue weighted by atomic mass is 9.93. The average Bonchev–Trinajstić information content (AvgIpc) is 2.24. The van der Waals surface area contributed by atoms with Gasteiger partial charge in [-0.2, -0.15) is 0 Å². The summed E-state index contributed by atoms with van der Waals surface area (Å²) < 4.78 is 0.930. The van der Waals surface area contributed by atoms with Crippen LogP contribution in [-0.4, -0.2) is 25.6 Å². The Bertz CT molecular complexity index is 302. The second-order valence-electron chi connectivity index (χ2n) is 5.53. The predicted molar refractivity (Wildman–Crippen MR) is 67.3 cm³/mol. The minimum Gasteiger partial charge on any atom is -0.302 e. The van der Waals surface area contributed by atoms with Crippen molar-refractivity contribution in [3.05, 3.63) is 36.1 Å². The van der Waals surface area contributed by atoms with Crippen LogP contribution in [0.2, 0.25) is 0 Å². The van der Waals surface area contributed by atoms with Gasteiger partial charge in [-0.05, 0) is 18.9 Å². The van der Waals surface area contributed by atoms with Gasteiger partial charge in [0.2, 0.25) is 0 Å². The van der Waals surface area contributed by atoms with Gasteiger partial charge in [-0.1, -0.05) is 24.6 Å². The molecule has 0 radical (unpaired) electrons. The van der Waals surface area contributed by atoms with Crippen LogP contribution >= 0.6 is 0 Å². The molecule has 0 aromatic rings. The zero-order chi connectivity index (χ0) is 11.6. The van der Waals surface area contributed by atoms with Gasteiger partial charge in [-0.25, -0.2) is 0 Å². The van der Waals surface area contributed by atoms with E-state index in [1.165, 1.54) is 11.3 Å². The summed E-state index contributed by atoms with van der Waals surface area (Å²) in [6, 6.07) is 0. The van der Waals surface area contributed by atoms with Crippen molar-refractivity contribution in [2.75, 3.05) is 21.1 Å². The molecule has 0 saturated carbocycles. The maximum absolute atomic E-state index is 3.92. The van der Waals surface area contributed by atoms with Crippen molar-refractivity contribution in [3.63, 3.8) is 0 Å². The maximum atomic E-state index is 3.92. The molecule has 0 fully saturated rings. The number of nitrogens with zero attached hydrogens (tertiary/aromatic N) is 1. The Labute approximate surface area is 94.4 Å². The minimum absolute atomic E-state index is 0.494. The maximum Gasteiger partial charge on any atom is 0.108 e. The van der Waals surface area contributed by atoms with E-state index in [0.29, 0.717) is 11.8 Å². The second kappa shape index (κ2) is 4.36. The van der Waals surface area contributed by atoms with Crippen LogP contribution in [0.1, 0.15) is 20.3 Å². The highest BCUT2D eigenvalue weighted by Gasteiger charge is 2.22. The van der Waals surface area contributed by atoms with Crippen LogP contribution in [0.15, 0.2) is 36.1 Å². The number of allylic oxidation sites excluding steroid dienone is 4. The minimum atomic E-state index is 0.494. The quantitative estimate of drug-likeness (QED) is 0.480. The zero-order valence-electron chi connectivity index (χ0n) is 10.7. The number of hydrogen-bond donors (Lipinski definition) is 0. The van der Waals surface area contributed by atoms with Gasteiger partial charge in [0.1, 0.15) is 5.70 Å². The molecule has 2 unspecified atom stereocenters. The second-order valence-corrected chi connectivity index (χ2v) is 5.53. The molecule has 0 aromatic heterocycles. The molecule has 1 nitrogen and oxygen atoms in total. The van der Waals surface area contributed by atoms with Crippen LogP contribution in [-0.2, 0) is 0 Å². The standard InChI is InChI=1S/C14H24N/c1-7-13-8-11(2)9-14(10-12(13)3)15(4,5)6/h7-8,10,12-13H,1,9H2,2-6H3/q+1. The Kier molecular flexibility index (Phi) is 3.56. The molecule has 2 atom stereocenters. The molecule has 0 amide bonds. The Hall–Kier alpha value is -0.820. The first-order chi connectivity index (χ1) is 6.84. The monoisotopic (exact) mass is 206 g/mol. The van der Waals surface area contributed by atoms with Gasteiger partial charge >= 0.3 is 0 Å². The van der Waals surface area contributed by atoms with E-state index >= 15 is 0 Å². The highest BCUT2D eigenvalue weighted by atomic mass is 15.3. The molecular weight excluding hydrogens is 182 g/mol. The SMILES string of the molecule is C=CC1C=C(C)CC([N+](C)(C)C)=CC1C. The van der Waals surface area contributed by atoms with Gasteiger partial charge in [0.25, 0.3) is 0 Å². The van der Waals surface area contributed by atoms with Crippen LogP contribution in [0.5, 0.6) is 0 Å². The largest absolute Gasteiger partial charge is 0.302 e. The summed E-state index contributed by atoms with van der Waals surface area (Å²) >= 11 is 0. The average molecular weight is 206 g/mol. The van der Waals surface area contributed by atoms with Gasteiger partial charge in [0.15, 0.2) is 0 Å². The van der Waals surface area contributed by atoms with Crippen molar-refractivity contribution >= 4 is 0 Å². The number of hydrogen-bond acceptors (Lipinski definition) is 0. The molecule has 1 aliphatic carbocycles. The van der Waals surface area contributed by atoms with Crippen LogP contribution in [0.4, 0.5) is 0 Å². The molecule has 0 spiro atoms. The van der Waals surface area contributed by atoms with Crippen molar-refractivity contribution in [2.24, 2.45) is 11.8 Å². The fraction of sp³-hybridized carbons (Fsp3) is 0.571. The van der Waals surface area contributed by atoms with Gasteiger partial charge in [-0.15, -0.1) is 6.58 Å². The third-order valence-corrected chi connectivity index (χ3v) is 3.13. The van der Waals surface area contributed by atoms with Crippen molar-refractivity contribution in [3.8, 4) is 0 Å². The summed E-state index contributed by atoms with van der Waals surface area (Å²) in [5, 5.41) is 0. The molecule has 0 aliphatic heterocycles. The lowest BCUT2D eigenvalue weighted by Crippen LogP contribution is -2.33. The molecule has 0 heterocycles. The van der Waals surface area contributed by atoms with E-state index in [2.05, 4.69) is 59.8 Å². The molecule has 0 N–H and O–H groups in total. The third-order valence-electron chi connectivity index (χ3n) is 3.13. The predicted octanol–water partition coefficient (Wildman–Crippen LogP) is 3.36. The number of quaternary nitrogens is 1. The van der Waals surface area contributed by atoms with E-state index in [0.717, 1.165) is 10.9 Å². The molecule has 1 heteroatoms.